The number of hydrogen-bond donors (Lipinski definition) is 0. The highest BCUT2D eigenvalue weighted by molar-refractivity contribution is 7.33. The molecular formula is C52H57BN2O4S. The van der Waals surface area contributed by atoms with E-state index < -0.39 is 0 Å². The first-order valence-electron chi connectivity index (χ1n) is 21.6. The van der Waals surface area contributed by atoms with Crippen LogP contribution in [-0.2, 0) is 16.2 Å². The van der Waals surface area contributed by atoms with E-state index in [1.54, 1.807) is 0 Å². The van der Waals surface area contributed by atoms with Crippen molar-refractivity contribution in [3.8, 4) is 23.0 Å². The van der Waals surface area contributed by atoms with Crippen LogP contribution in [0, 0.1) is 27.7 Å². The van der Waals surface area contributed by atoms with Gasteiger partial charge in [-0.15, -0.1) is 11.3 Å². The van der Waals surface area contributed by atoms with E-state index in [0.717, 1.165) is 45.5 Å². The molecule has 0 atom stereocenters. The lowest BCUT2D eigenvalue weighted by atomic mass is 9.36. The number of hydrogen-bond acceptors (Lipinski definition) is 7. The lowest BCUT2D eigenvalue weighted by molar-refractivity contribution is 0.170. The highest BCUT2D eigenvalue weighted by Gasteiger charge is 2.48. The van der Waals surface area contributed by atoms with Crippen LogP contribution in [0.3, 0.4) is 0 Å². The van der Waals surface area contributed by atoms with Crippen molar-refractivity contribution >= 4 is 78.0 Å². The second kappa shape index (κ2) is 13.2. The van der Waals surface area contributed by atoms with Crippen molar-refractivity contribution in [1.29, 1.82) is 0 Å². The van der Waals surface area contributed by atoms with Crippen LogP contribution in [0.25, 0.3) is 10.1 Å². The van der Waals surface area contributed by atoms with Gasteiger partial charge >= 0.3 is 0 Å². The molecule has 4 aliphatic heterocycles. The SMILES string of the molecule is Cc1cc(C(C)(C)C)cc(C)c1N1c2cc3c(cc2B2c4sc5ccc(C(C)(C)C)cc5c4N(c4c(C)cc5c(c4C)OCCO5)c4cc(C(C)(C)C)cc1c42)OCCO3. The minimum absolute atomic E-state index is 0.0127. The third-order valence-electron chi connectivity index (χ3n) is 13.1. The maximum Gasteiger partial charge on any atom is 0.264 e. The van der Waals surface area contributed by atoms with Gasteiger partial charge in [0.05, 0.1) is 17.1 Å². The predicted molar refractivity (Wildman–Crippen MR) is 253 cm³/mol. The Labute approximate surface area is 360 Å². The number of anilines is 6. The van der Waals surface area contributed by atoms with Crippen LogP contribution in [0.4, 0.5) is 34.1 Å². The third kappa shape index (κ3) is 5.87. The Morgan fingerprint density at radius 2 is 1.07 bits per heavy atom. The summed E-state index contributed by atoms with van der Waals surface area (Å²) in [7, 11) is 0. The largest absolute Gasteiger partial charge is 0.486 e. The number of nitrogens with zero attached hydrogens (tertiary/aromatic N) is 2. The average molecular weight is 817 g/mol. The third-order valence-corrected chi connectivity index (χ3v) is 14.3. The van der Waals surface area contributed by atoms with E-state index in [1.165, 1.54) is 76.4 Å². The quantitative estimate of drug-likeness (QED) is 0.162. The molecule has 0 fully saturated rings. The second-order valence-corrected chi connectivity index (χ2v) is 21.6. The second-order valence-electron chi connectivity index (χ2n) is 20.5. The normalized spacial score (nSPS) is 15.6. The zero-order valence-corrected chi connectivity index (χ0v) is 38.4. The fraction of sp³-hybridized carbons (Fsp3) is 0.385. The van der Waals surface area contributed by atoms with Crippen molar-refractivity contribution < 1.29 is 18.9 Å². The van der Waals surface area contributed by atoms with Gasteiger partial charge in [-0.05, 0) is 125 Å². The Balaban J connectivity index is 1.38. The van der Waals surface area contributed by atoms with Crippen LogP contribution in [0.15, 0.2) is 60.7 Å². The molecule has 0 saturated heterocycles. The molecule has 6 nitrogen and oxygen atoms in total. The van der Waals surface area contributed by atoms with Gasteiger partial charge in [-0.25, -0.2) is 0 Å². The number of benzene rings is 5. The first-order valence-corrected chi connectivity index (χ1v) is 22.4. The summed E-state index contributed by atoms with van der Waals surface area (Å²) < 4.78 is 28.1. The Morgan fingerprint density at radius 3 is 1.70 bits per heavy atom. The number of fused-ring (bicyclic) bond motifs is 8. The topological polar surface area (TPSA) is 43.4 Å². The van der Waals surface area contributed by atoms with Crippen LogP contribution in [0.2, 0.25) is 0 Å². The van der Waals surface area contributed by atoms with Gasteiger partial charge < -0.3 is 28.7 Å². The van der Waals surface area contributed by atoms with E-state index in [9.17, 15) is 0 Å². The van der Waals surface area contributed by atoms with Crippen molar-refractivity contribution in [2.45, 2.75) is 106 Å². The molecule has 4 aliphatic rings. The van der Waals surface area contributed by atoms with Crippen molar-refractivity contribution in [2.75, 3.05) is 36.2 Å². The highest BCUT2D eigenvalue weighted by atomic mass is 32.1. The first-order chi connectivity index (χ1) is 28.3. The summed E-state index contributed by atoms with van der Waals surface area (Å²) in [6, 6.07) is 23.7. The molecule has 308 valence electrons. The van der Waals surface area contributed by atoms with E-state index in [2.05, 4.69) is 160 Å². The molecule has 5 aromatic carbocycles. The minimum Gasteiger partial charge on any atom is -0.486 e. The van der Waals surface area contributed by atoms with Gasteiger partial charge in [0.2, 0.25) is 0 Å². The molecule has 0 unspecified atom stereocenters. The minimum atomic E-state index is -0.154. The summed E-state index contributed by atoms with van der Waals surface area (Å²) in [5.74, 6) is 3.27. The summed E-state index contributed by atoms with van der Waals surface area (Å²) in [5.41, 5.74) is 18.2. The standard InChI is InChI=1S/C52H57BN2O4S/c1-28-20-33(51(8,9)10)21-29(2)45(28)54-37-27-41-40(56-16-17-57-41)26-36(37)53-44-38(54)24-34(52(11,12)13)25-39(44)55(46-30(3)22-42-48(31(46)4)59-19-18-58-42)47-35-23-32(50(5,6)7)14-15-43(35)60-49(47)53/h14-15,20-27H,16-19H2,1-13H3. The van der Waals surface area contributed by atoms with Crippen LogP contribution in [-0.4, -0.2) is 33.1 Å². The van der Waals surface area contributed by atoms with Crippen molar-refractivity contribution in [2.24, 2.45) is 0 Å². The lowest BCUT2D eigenvalue weighted by Gasteiger charge is -2.45. The van der Waals surface area contributed by atoms with Crippen LogP contribution < -0.4 is 44.4 Å². The maximum atomic E-state index is 6.46. The van der Waals surface area contributed by atoms with Gasteiger partial charge in [-0.1, -0.05) is 80.5 Å². The van der Waals surface area contributed by atoms with Crippen LogP contribution in [0.5, 0.6) is 23.0 Å². The van der Waals surface area contributed by atoms with E-state index >= 15 is 0 Å². The van der Waals surface area contributed by atoms with E-state index in [0.29, 0.717) is 26.4 Å². The molecule has 0 N–H and O–H groups in total. The first kappa shape index (κ1) is 39.1. The summed E-state index contributed by atoms with van der Waals surface area (Å²) in [6.45, 7) is 32.0. The Bertz CT molecular complexity index is 2780. The fourth-order valence-electron chi connectivity index (χ4n) is 9.97. The van der Waals surface area contributed by atoms with Gasteiger partial charge in [0.25, 0.3) is 6.71 Å². The summed E-state index contributed by atoms with van der Waals surface area (Å²) in [6.07, 6.45) is 0. The summed E-state index contributed by atoms with van der Waals surface area (Å²) >= 11 is 1.93. The molecule has 10 rings (SSSR count). The van der Waals surface area contributed by atoms with E-state index in [-0.39, 0.29) is 23.0 Å². The Kier molecular flexibility index (Phi) is 8.61. The van der Waals surface area contributed by atoms with Crippen molar-refractivity contribution in [3.05, 3.63) is 99.6 Å². The molecule has 0 spiro atoms. The lowest BCUT2D eigenvalue weighted by Crippen LogP contribution is -2.60. The monoisotopic (exact) mass is 816 g/mol. The van der Waals surface area contributed by atoms with Crippen molar-refractivity contribution in [3.63, 3.8) is 0 Å². The van der Waals surface area contributed by atoms with Gasteiger partial charge in [-0.2, -0.15) is 0 Å². The molecule has 6 aromatic rings. The zero-order chi connectivity index (χ0) is 42.4. The van der Waals surface area contributed by atoms with Crippen molar-refractivity contribution in [1.82, 2.24) is 0 Å². The molecule has 0 amide bonds. The molecular weight excluding hydrogens is 759 g/mol. The molecule has 0 saturated carbocycles. The number of aryl methyl sites for hydroxylation is 3. The Hall–Kier alpha value is -5.08. The summed E-state index contributed by atoms with van der Waals surface area (Å²) in [5, 5.41) is 1.27. The highest BCUT2D eigenvalue weighted by Crippen LogP contribution is 2.54. The molecule has 0 bridgehead atoms. The maximum absolute atomic E-state index is 6.46. The van der Waals surface area contributed by atoms with E-state index in [1.807, 2.05) is 11.3 Å². The van der Waals surface area contributed by atoms with Crippen LogP contribution >= 0.6 is 11.3 Å². The van der Waals surface area contributed by atoms with Crippen LogP contribution in [0.1, 0.15) is 101 Å². The molecule has 1 aromatic heterocycles. The van der Waals surface area contributed by atoms with Gasteiger partial charge in [0.15, 0.2) is 23.0 Å². The summed E-state index contributed by atoms with van der Waals surface area (Å²) in [4.78, 5) is 5.17. The van der Waals surface area contributed by atoms with Gasteiger partial charge in [0.1, 0.15) is 26.4 Å². The van der Waals surface area contributed by atoms with Gasteiger partial charge in [-0.3, -0.25) is 0 Å². The number of rotatable bonds is 2. The Morgan fingerprint density at radius 1 is 0.517 bits per heavy atom. The molecule has 0 radical (unpaired) electrons. The fourth-order valence-corrected chi connectivity index (χ4v) is 11.3. The zero-order valence-electron chi connectivity index (χ0n) is 37.6. The number of thiophene rings is 1. The smallest absolute Gasteiger partial charge is 0.264 e. The average Bonchev–Trinajstić information content (AvgIpc) is 3.56. The molecule has 8 heteroatoms. The molecule has 0 aliphatic carbocycles. The number of ether oxygens (including phenoxy) is 4. The molecule has 5 heterocycles. The van der Waals surface area contributed by atoms with E-state index in [4.69, 9.17) is 18.9 Å². The molecule has 60 heavy (non-hydrogen) atoms. The van der Waals surface area contributed by atoms with Gasteiger partial charge in [0, 0.05) is 43.6 Å². The predicted octanol–water partition coefficient (Wildman–Crippen LogP) is 11.7.